The molecule has 2 aromatic heterocycles. The molecule has 0 saturated carbocycles. The minimum absolute atomic E-state index is 0.0298. The number of rotatable bonds is 7. The summed E-state index contributed by atoms with van der Waals surface area (Å²) in [5.74, 6) is -0.0298. The van der Waals surface area contributed by atoms with Crippen LogP contribution in [0.2, 0.25) is 5.22 Å². The molecule has 6 nitrogen and oxygen atoms in total. The lowest BCUT2D eigenvalue weighted by Crippen LogP contribution is -2.28. The Hall–Kier alpha value is -2.12. The molecule has 0 radical (unpaired) electrons. The second kappa shape index (κ2) is 7.63. The summed E-state index contributed by atoms with van der Waals surface area (Å²) < 4.78 is 6.01. The molecule has 2 heterocycles. The van der Waals surface area contributed by atoms with Crippen molar-refractivity contribution >= 4 is 44.2 Å². The van der Waals surface area contributed by atoms with Crippen LogP contribution < -0.4 is 10.6 Å². The van der Waals surface area contributed by atoms with Gasteiger partial charge in [-0.15, -0.1) is 0 Å². The zero-order valence-electron chi connectivity index (χ0n) is 13.1. The molecule has 0 fully saturated rings. The number of carbonyl (C=O) groups excluding carboxylic acids is 1. The van der Waals surface area contributed by atoms with Gasteiger partial charge in [-0.1, -0.05) is 28.6 Å². The van der Waals surface area contributed by atoms with Gasteiger partial charge in [0.25, 0.3) is 0 Å². The molecular weight excluding hydrogens is 348 g/mol. The molecule has 8 heteroatoms. The summed E-state index contributed by atoms with van der Waals surface area (Å²) in [6.45, 7) is 2.97. The average molecular weight is 365 g/mol. The molecule has 0 atom stereocenters. The molecule has 24 heavy (non-hydrogen) atoms. The molecule has 0 saturated heterocycles. The van der Waals surface area contributed by atoms with Gasteiger partial charge in [0.15, 0.2) is 5.13 Å². The molecule has 0 bridgehead atoms. The van der Waals surface area contributed by atoms with Crippen LogP contribution in [0.4, 0.5) is 5.13 Å². The van der Waals surface area contributed by atoms with Gasteiger partial charge in [0.1, 0.15) is 0 Å². The third kappa shape index (κ3) is 4.04. The number of thiazole rings is 1. The van der Waals surface area contributed by atoms with Crippen LogP contribution in [0.3, 0.4) is 0 Å². The van der Waals surface area contributed by atoms with E-state index in [2.05, 4.69) is 20.8 Å². The highest BCUT2D eigenvalue weighted by Crippen LogP contribution is 2.25. The van der Waals surface area contributed by atoms with E-state index in [1.807, 2.05) is 31.2 Å². The minimum atomic E-state index is -0.0298. The predicted octanol–water partition coefficient (Wildman–Crippen LogP) is 3.41. The molecule has 126 valence electrons. The van der Waals surface area contributed by atoms with Crippen molar-refractivity contribution in [2.24, 2.45) is 0 Å². The fraction of sp³-hybridized carbons (Fsp3) is 0.312. The van der Waals surface area contributed by atoms with Crippen molar-refractivity contribution in [3.8, 4) is 0 Å². The van der Waals surface area contributed by atoms with E-state index in [1.165, 1.54) is 0 Å². The summed E-state index contributed by atoms with van der Waals surface area (Å²) in [5.41, 5.74) is 2.50. The van der Waals surface area contributed by atoms with E-state index in [0.717, 1.165) is 26.6 Å². The Balaban J connectivity index is 1.39. The van der Waals surface area contributed by atoms with Gasteiger partial charge < -0.3 is 15.2 Å². The lowest BCUT2D eigenvalue weighted by molar-refractivity contribution is -0.120. The van der Waals surface area contributed by atoms with Gasteiger partial charge in [0, 0.05) is 25.1 Å². The lowest BCUT2D eigenvalue weighted by atomic mass is 10.1. The largest absolute Gasteiger partial charge is 0.360 e. The van der Waals surface area contributed by atoms with Gasteiger partial charge >= 0.3 is 0 Å². The van der Waals surface area contributed by atoms with Crippen LogP contribution >= 0.6 is 22.9 Å². The van der Waals surface area contributed by atoms with Gasteiger partial charge in [0.2, 0.25) is 11.1 Å². The Morgan fingerprint density at radius 2 is 2.17 bits per heavy atom. The number of fused-ring (bicyclic) bond motifs is 1. The van der Waals surface area contributed by atoms with Crippen LogP contribution in [-0.4, -0.2) is 29.1 Å². The lowest BCUT2D eigenvalue weighted by Gasteiger charge is -2.05. The van der Waals surface area contributed by atoms with Crippen LogP contribution in [0.1, 0.15) is 17.7 Å². The number of aromatic nitrogens is 2. The van der Waals surface area contributed by atoms with Crippen molar-refractivity contribution in [1.29, 1.82) is 0 Å². The van der Waals surface area contributed by atoms with Crippen LogP contribution in [-0.2, 0) is 11.2 Å². The van der Waals surface area contributed by atoms with Crippen LogP contribution in [0.25, 0.3) is 10.2 Å². The number of nitrogens with one attached hydrogen (secondary N) is 2. The molecular formula is C16H17ClN4O2S. The number of amides is 1. The maximum absolute atomic E-state index is 11.9. The van der Waals surface area contributed by atoms with Crippen molar-refractivity contribution in [2.45, 2.75) is 19.8 Å². The first kappa shape index (κ1) is 16.7. The quantitative estimate of drug-likeness (QED) is 0.628. The predicted molar refractivity (Wildman–Crippen MR) is 95.7 cm³/mol. The number of halogens is 1. The van der Waals surface area contributed by atoms with Crippen LogP contribution in [0.15, 0.2) is 28.8 Å². The Kier molecular flexibility index (Phi) is 5.32. The molecule has 3 aromatic rings. The van der Waals surface area contributed by atoms with Gasteiger partial charge in [-0.3, -0.25) is 4.79 Å². The third-order valence-electron chi connectivity index (χ3n) is 3.56. The first-order chi connectivity index (χ1) is 11.6. The minimum Gasteiger partial charge on any atom is -0.360 e. The molecule has 1 aromatic carbocycles. The third-order valence-corrected chi connectivity index (χ3v) is 4.85. The molecule has 2 N–H and O–H groups in total. The van der Waals surface area contributed by atoms with Gasteiger partial charge in [-0.2, -0.15) is 0 Å². The van der Waals surface area contributed by atoms with E-state index in [4.69, 9.17) is 16.1 Å². The maximum Gasteiger partial charge on any atom is 0.229 e. The van der Waals surface area contributed by atoms with Gasteiger partial charge in [-0.05, 0) is 37.1 Å². The number of hydrogen-bond acceptors (Lipinski definition) is 6. The zero-order valence-corrected chi connectivity index (χ0v) is 14.7. The fourth-order valence-electron chi connectivity index (χ4n) is 2.29. The fourth-order valence-corrected chi connectivity index (χ4v) is 3.44. The number of nitrogens with zero attached hydrogens (tertiary/aromatic N) is 2. The van der Waals surface area contributed by atoms with Crippen molar-refractivity contribution in [2.75, 3.05) is 18.4 Å². The second-order valence-electron chi connectivity index (χ2n) is 5.28. The molecule has 0 aliphatic carbocycles. The summed E-state index contributed by atoms with van der Waals surface area (Å²) in [6, 6.07) is 7.98. The Bertz CT molecular complexity index is 793. The smallest absolute Gasteiger partial charge is 0.229 e. The van der Waals surface area contributed by atoms with Crippen LogP contribution in [0.5, 0.6) is 0 Å². The molecule has 0 unspecified atom stereocenters. The molecule has 1 amide bonds. The van der Waals surface area contributed by atoms with Crippen molar-refractivity contribution in [3.05, 3.63) is 40.7 Å². The molecule has 0 spiro atoms. The van der Waals surface area contributed by atoms with Gasteiger partial charge in [0.05, 0.1) is 15.9 Å². The second-order valence-corrected chi connectivity index (χ2v) is 6.66. The van der Waals surface area contributed by atoms with E-state index >= 15 is 0 Å². The number of anilines is 1. The monoisotopic (exact) mass is 364 g/mol. The highest BCUT2D eigenvalue weighted by molar-refractivity contribution is 7.22. The Labute approximate surface area is 148 Å². The first-order valence-electron chi connectivity index (χ1n) is 7.60. The SMILES string of the molecule is Cc1noc(Cl)c1CCC(=O)NCCNc1nc2ccccc2s1. The Morgan fingerprint density at radius 3 is 2.92 bits per heavy atom. The number of hydrogen-bond donors (Lipinski definition) is 2. The summed E-state index contributed by atoms with van der Waals surface area (Å²) in [7, 11) is 0. The van der Waals surface area contributed by atoms with Crippen molar-refractivity contribution in [1.82, 2.24) is 15.5 Å². The maximum atomic E-state index is 11.9. The number of benzene rings is 1. The zero-order chi connectivity index (χ0) is 16.9. The normalized spacial score (nSPS) is 10.9. The topological polar surface area (TPSA) is 80.0 Å². The van der Waals surface area contributed by atoms with Crippen molar-refractivity contribution in [3.63, 3.8) is 0 Å². The summed E-state index contributed by atoms with van der Waals surface area (Å²) in [5, 5.41) is 11.0. The summed E-state index contributed by atoms with van der Waals surface area (Å²) in [4.78, 5) is 16.3. The van der Waals surface area contributed by atoms with E-state index in [9.17, 15) is 4.79 Å². The number of aryl methyl sites for hydroxylation is 1. The van der Waals surface area contributed by atoms with E-state index in [-0.39, 0.29) is 11.1 Å². The van der Waals surface area contributed by atoms with Crippen molar-refractivity contribution < 1.29 is 9.32 Å². The number of para-hydroxylation sites is 1. The average Bonchev–Trinajstić information content (AvgIpc) is 3.13. The number of carbonyl (C=O) groups is 1. The summed E-state index contributed by atoms with van der Waals surface area (Å²) in [6.07, 6.45) is 0.869. The highest BCUT2D eigenvalue weighted by atomic mass is 35.5. The molecule has 3 rings (SSSR count). The van der Waals surface area contributed by atoms with E-state index in [0.29, 0.717) is 25.9 Å². The first-order valence-corrected chi connectivity index (χ1v) is 8.79. The van der Waals surface area contributed by atoms with Crippen LogP contribution in [0, 0.1) is 6.92 Å². The molecule has 0 aliphatic rings. The van der Waals surface area contributed by atoms with Gasteiger partial charge in [-0.25, -0.2) is 4.98 Å². The standard InChI is InChI=1S/C16H17ClN4O2S/c1-10-11(15(17)23-21-10)6-7-14(22)18-8-9-19-16-20-12-4-2-3-5-13(12)24-16/h2-5H,6-9H2,1H3,(H,18,22)(H,19,20). The molecule has 0 aliphatic heterocycles. The highest BCUT2D eigenvalue weighted by Gasteiger charge is 2.12. The van der Waals surface area contributed by atoms with E-state index in [1.54, 1.807) is 11.3 Å². The summed E-state index contributed by atoms with van der Waals surface area (Å²) >= 11 is 7.48. The Morgan fingerprint density at radius 1 is 1.33 bits per heavy atom. The van der Waals surface area contributed by atoms with E-state index < -0.39 is 0 Å².